The van der Waals surface area contributed by atoms with Crippen molar-refractivity contribution in [2.24, 2.45) is 0 Å². The fourth-order valence-electron chi connectivity index (χ4n) is 2.29. The van der Waals surface area contributed by atoms with Gasteiger partial charge in [-0.15, -0.1) is 0 Å². The molecule has 0 spiro atoms. The number of carbonyl (C=O) groups is 2. The Hall–Kier alpha value is -2.73. The molecule has 0 unspecified atom stereocenters. The van der Waals surface area contributed by atoms with Gasteiger partial charge in [-0.1, -0.05) is 24.3 Å². The second kappa shape index (κ2) is 8.21. The van der Waals surface area contributed by atoms with Crippen molar-refractivity contribution in [3.8, 4) is 0 Å². The van der Waals surface area contributed by atoms with Gasteiger partial charge in [0.05, 0.1) is 7.11 Å². The van der Waals surface area contributed by atoms with E-state index in [1.807, 2.05) is 18.2 Å². The fraction of sp³-hybridized carbons (Fsp3) is 0.222. The summed E-state index contributed by atoms with van der Waals surface area (Å²) in [5.41, 5.74) is 2.18. The van der Waals surface area contributed by atoms with Gasteiger partial charge < -0.3 is 10.1 Å². The molecule has 2 aromatic carbocycles. The minimum atomic E-state index is -0.708. The van der Waals surface area contributed by atoms with E-state index < -0.39 is 12.0 Å². The van der Waals surface area contributed by atoms with Gasteiger partial charge in [0.15, 0.2) is 0 Å². The zero-order chi connectivity index (χ0) is 17.5. The Labute approximate surface area is 139 Å². The minimum Gasteiger partial charge on any atom is -0.468 e. The van der Waals surface area contributed by atoms with E-state index in [9.17, 15) is 14.0 Å². The molecule has 0 aromatic heterocycles. The highest BCUT2D eigenvalue weighted by Gasteiger charge is 2.20. The van der Waals surface area contributed by atoms with E-state index in [1.54, 1.807) is 6.07 Å². The van der Waals surface area contributed by atoms with E-state index in [0.29, 0.717) is 17.8 Å². The van der Waals surface area contributed by atoms with E-state index in [2.05, 4.69) is 10.6 Å². The lowest BCUT2D eigenvalue weighted by atomic mass is 10.1. The maximum atomic E-state index is 13.1. The van der Waals surface area contributed by atoms with Crippen LogP contribution in [0, 0.1) is 5.82 Å². The van der Waals surface area contributed by atoms with Gasteiger partial charge in [0.1, 0.15) is 11.9 Å². The smallest absolute Gasteiger partial charge is 0.327 e. The quantitative estimate of drug-likeness (QED) is 0.799. The molecule has 0 fully saturated rings. The van der Waals surface area contributed by atoms with Crippen LogP contribution in [-0.4, -0.2) is 19.0 Å². The van der Waals surface area contributed by atoms with Crippen molar-refractivity contribution in [3.63, 3.8) is 0 Å². The Morgan fingerprint density at radius 1 is 1.17 bits per heavy atom. The molecular formula is C18H19FN2O3. The Kier molecular flexibility index (Phi) is 6.03. The molecule has 24 heavy (non-hydrogen) atoms. The molecule has 0 radical (unpaired) electrons. The molecule has 0 saturated carbocycles. The molecule has 2 rings (SSSR count). The van der Waals surface area contributed by atoms with Crippen LogP contribution in [0.4, 0.5) is 10.1 Å². The number of halogens is 1. The van der Waals surface area contributed by atoms with Crippen LogP contribution < -0.4 is 10.6 Å². The van der Waals surface area contributed by atoms with Crippen LogP contribution >= 0.6 is 0 Å². The number of carbonyl (C=O) groups excluding carboxylic acids is 2. The van der Waals surface area contributed by atoms with Crippen LogP contribution in [0.5, 0.6) is 0 Å². The van der Waals surface area contributed by atoms with E-state index in [0.717, 1.165) is 5.56 Å². The Morgan fingerprint density at radius 3 is 2.50 bits per heavy atom. The first-order valence-electron chi connectivity index (χ1n) is 7.43. The molecule has 0 aliphatic heterocycles. The largest absolute Gasteiger partial charge is 0.468 e. The van der Waals surface area contributed by atoms with Crippen LogP contribution in [0.25, 0.3) is 0 Å². The van der Waals surface area contributed by atoms with Gasteiger partial charge in [-0.3, -0.25) is 10.1 Å². The van der Waals surface area contributed by atoms with Crippen molar-refractivity contribution < 1.29 is 18.7 Å². The molecule has 0 heterocycles. The summed E-state index contributed by atoms with van der Waals surface area (Å²) in [7, 11) is 1.30. The van der Waals surface area contributed by atoms with Gasteiger partial charge in [-0.05, 0) is 35.4 Å². The van der Waals surface area contributed by atoms with E-state index in [-0.39, 0.29) is 11.7 Å². The molecule has 6 heteroatoms. The van der Waals surface area contributed by atoms with Gasteiger partial charge in [0.25, 0.3) is 0 Å². The predicted molar refractivity (Wildman–Crippen MR) is 88.7 cm³/mol. The first-order chi connectivity index (χ1) is 11.5. The highest BCUT2D eigenvalue weighted by atomic mass is 19.1. The van der Waals surface area contributed by atoms with Gasteiger partial charge >= 0.3 is 5.97 Å². The average molecular weight is 330 g/mol. The topological polar surface area (TPSA) is 67.4 Å². The molecule has 1 atom stereocenters. The number of amides is 1. The van der Waals surface area contributed by atoms with Gasteiger partial charge in [0.2, 0.25) is 5.91 Å². The Balaban J connectivity index is 2.12. The van der Waals surface area contributed by atoms with Crippen LogP contribution in [0.1, 0.15) is 24.1 Å². The second-order valence-electron chi connectivity index (χ2n) is 5.27. The number of methoxy groups -OCH3 is 1. The normalized spacial score (nSPS) is 11.6. The van der Waals surface area contributed by atoms with Crippen LogP contribution in [0.15, 0.2) is 48.5 Å². The van der Waals surface area contributed by atoms with Crippen LogP contribution in [0.2, 0.25) is 0 Å². The van der Waals surface area contributed by atoms with Crippen LogP contribution in [0.3, 0.4) is 0 Å². The summed E-state index contributed by atoms with van der Waals surface area (Å²) in [4.78, 5) is 23.1. The number of ether oxygens (including phenoxy) is 1. The van der Waals surface area contributed by atoms with Crippen molar-refractivity contribution in [2.45, 2.75) is 19.5 Å². The van der Waals surface area contributed by atoms with Crippen molar-refractivity contribution in [1.29, 1.82) is 0 Å². The third-order valence-electron chi connectivity index (χ3n) is 3.40. The zero-order valence-corrected chi connectivity index (χ0v) is 13.5. The molecule has 0 aliphatic rings. The molecule has 2 aromatic rings. The summed E-state index contributed by atoms with van der Waals surface area (Å²) in [5, 5.41) is 5.80. The van der Waals surface area contributed by atoms with E-state index in [4.69, 9.17) is 4.74 Å². The van der Waals surface area contributed by atoms with Crippen molar-refractivity contribution in [2.75, 3.05) is 12.4 Å². The first-order valence-corrected chi connectivity index (χ1v) is 7.43. The van der Waals surface area contributed by atoms with Crippen LogP contribution in [-0.2, 0) is 20.9 Å². The molecule has 0 aliphatic carbocycles. The number of benzene rings is 2. The highest BCUT2D eigenvalue weighted by molar-refractivity contribution is 5.88. The number of rotatable bonds is 6. The lowest BCUT2D eigenvalue weighted by Crippen LogP contribution is -2.29. The number of nitrogens with one attached hydrogen (secondary N) is 2. The highest BCUT2D eigenvalue weighted by Crippen LogP contribution is 2.17. The zero-order valence-electron chi connectivity index (χ0n) is 13.5. The Morgan fingerprint density at radius 2 is 1.88 bits per heavy atom. The van der Waals surface area contributed by atoms with Gasteiger partial charge in [0, 0.05) is 19.2 Å². The fourth-order valence-corrected chi connectivity index (χ4v) is 2.29. The minimum absolute atomic E-state index is 0.154. The SMILES string of the molecule is COC(=O)[C@@H](NCc1cccc(NC(C)=O)c1)c1ccc(F)cc1. The Bertz CT molecular complexity index is 716. The molecule has 2 N–H and O–H groups in total. The monoisotopic (exact) mass is 330 g/mol. The summed E-state index contributed by atoms with van der Waals surface area (Å²) in [5.74, 6) is -0.983. The van der Waals surface area contributed by atoms with Gasteiger partial charge in [-0.2, -0.15) is 0 Å². The summed E-state index contributed by atoms with van der Waals surface area (Å²) in [6.07, 6.45) is 0. The molecule has 5 nitrogen and oxygen atoms in total. The third-order valence-corrected chi connectivity index (χ3v) is 3.40. The second-order valence-corrected chi connectivity index (χ2v) is 5.27. The number of hydrogen-bond donors (Lipinski definition) is 2. The first kappa shape index (κ1) is 17.6. The molecular weight excluding hydrogens is 311 g/mol. The lowest BCUT2D eigenvalue weighted by molar-refractivity contribution is -0.143. The van der Waals surface area contributed by atoms with Gasteiger partial charge in [-0.25, -0.2) is 9.18 Å². The van der Waals surface area contributed by atoms with E-state index in [1.165, 1.54) is 38.3 Å². The molecule has 1 amide bonds. The maximum Gasteiger partial charge on any atom is 0.327 e. The summed E-state index contributed by atoms with van der Waals surface area (Å²) >= 11 is 0. The molecule has 126 valence electrons. The number of esters is 1. The standard InChI is InChI=1S/C18H19FN2O3/c1-12(22)21-16-5-3-4-13(10-16)11-20-17(18(23)24-2)14-6-8-15(19)9-7-14/h3-10,17,20H,11H2,1-2H3,(H,21,22)/t17-/m0/s1. The van der Waals surface area contributed by atoms with Crippen molar-refractivity contribution in [3.05, 3.63) is 65.5 Å². The van der Waals surface area contributed by atoms with Crippen molar-refractivity contribution in [1.82, 2.24) is 5.32 Å². The van der Waals surface area contributed by atoms with Crippen molar-refractivity contribution >= 4 is 17.6 Å². The number of anilines is 1. The lowest BCUT2D eigenvalue weighted by Gasteiger charge is -2.17. The maximum absolute atomic E-state index is 13.1. The summed E-state index contributed by atoms with van der Waals surface area (Å²) < 4.78 is 17.9. The van der Waals surface area contributed by atoms with E-state index >= 15 is 0 Å². The third kappa shape index (κ3) is 4.89. The number of hydrogen-bond acceptors (Lipinski definition) is 4. The predicted octanol–water partition coefficient (Wildman–Crippen LogP) is 2.79. The molecule has 0 bridgehead atoms. The molecule has 0 saturated heterocycles. The average Bonchev–Trinajstić information content (AvgIpc) is 2.56. The summed E-state index contributed by atoms with van der Waals surface area (Å²) in [6, 6.07) is 12.2. The summed E-state index contributed by atoms with van der Waals surface area (Å²) in [6.45, 7) is 1.82.